The SMILES string of the molecule is O=C(NCOC(=O)C1CCNCC1)c1ccc(F)cc1. The second-order valence-corrected chi connectivity index (χ2v) is 4.64. The van der Waals surface area contributed by atoms with Gasteiger partial charge >= 0.3 is 5.97 Å². The van der Waals surface area contributed by atoms with Crippen LogP contribution in [-0.4, -0.2) is 31.7 Å². The van der Waals surface area contributed by atoms with E-state index in [0.29, 0.717) is 5.56 Å². The molecule has 0 aromatic heterocycles. The molecule has 1 aromatic rings. The molecule has 5 nitrogen and oxygen atoms in total. The zero-order chi connectivity index (χ0) is 14.4. The van der Waals surface area contributed by atoms with E-state index in [0.717, 1.165) is 25.9 Å². The van der Waals surface area contributed by atoms with Crippen LogP contribution in [0.2, 0.25) is 0 Å². The van der Waals surface area contributed by atoms with Crippen LogP contribution in [0.1, 0.15) is 23.2 Å². The largest absolute Gasteiger partial charge is 0.444 e. The van der Waals surface area contributed by atoms with E-state index >= 15 is 0 Å². The van der Waals surface area contributed by atoms with Crippen LogP contribution < -0.4 is 10.6 Å². The molecule has 1 aliphatic rings. The van der Waals surface area contributed by atoms with Gasteiger partial charge in [-0.15, -0.1) is 0 Å². The molecule has 108 valence electrons. The van der Waals surface area contributed by atoms with E-state index in [1.54, 1.807) is 0 Å². The van der Waals surface area contributed by atoms with Crippen molar-refractivity contribution in [3.05, 3.63) is 35.6 Å². The number of benzene rings is 1. The maximum Gasteiger partial charge on any atom is 0.310 e. The summed E-state index contributed by atoms with van der Waals surface area (Å²) in [5.74, 6) is -1.19. The Morgan fingerprint density at radius 1 is 1.25 bits per heavy atom. The third-order valence-corrected chi connectivity index (χ3v) is 3.23. The highest BCUT2D eigenvalue weighted by Crippen LogP contribution is 2.13. The Hall–Kier alpha value is -1.95. The van der Waals surface area contributed by atoms with E-state index in [-0.39, 0.29) is 18.6 Å². The zero-order valence-corrected chi connectivity index (χ0v) is 11.0. The van der Waals surface area contributed by atoms with Crippen LogP contribution in [0.5, 0.6) is 0 Å². The van der Waals surface area contributed by atoms with Gasteiger partial charge in [-0.25, -0.2) is 4.39 Å². The summed E-state index contributed by atoms with van der Waals surface area (Å²) in [6.45, 7) is 1.45. The number of esters is 1. The molecule has 0 saturated carbocycles. The number of ether oxygens (including phenoxy) is 1. The summed E-state index contributed by atoms with van der Waals surface area (Å²) in [5, 5.41) is 5.63. The molecule has 0 unspecified atom stereocenters. The van der Waals surface area contributed by atoms with Gasteiger partial charge in [0.2, 0.25) is 0 Å². The van der Waals surface area contributed by atoms with Crippen LogP contribution in [0.4, 0.5) is 4.39 Å². The number of hydrogen-bond acceptors (Lipinski definition) is 4. The molecular weight excluding hydrogens is 263 g/mol. The van der Waals surface area contributed by atoms with Gasteiger partial charge in [0.05, 0.1) is 5.92 Å². The highest BCUT2D eigenvalue weighted by atomic mass is 19.1. The van der Waals surface area contributed by atoms with Crippen LogP contribution in [0.25, 0.3) is 0 Å². The minimum Gasteiger partial charge on any atom is -0.444 e. The van der Waals surface area contributed by atoms with Crippen LogP contribution >= 0.6 is 0 Å². The number of piperidine rings is 1. The molecule has 1 aromatic carbocycles. The van der Waals surface area contributed by atoms with E-state index in [1.165, 1.54) is 24.3 Å². The number of rotatable bonds is 4. The van der Waals surface area contributed by atoms with Crippen LogP contribution in [0.3, 0.4) is 0 Å². The molecule has 20 heavy (non-hydrogen) atoms. The molecular formula is C14H17FN2O3. The Balaban J connectivity index is 1.73. The zero-order valence-electron chi connectivity index (χ0n) is 11.0. The number of carbonyl (C=O) groups excluding carboxylic acids is 2. The Bertz CT molecular complexity index is 470. The predicted octanol–water partition coefficient (Wildman–Crippen LogP) is 1.06. The third kappa shape index (κ3) is 4.03. The predicted molar refractivity (Wildman–Crippen MR) is 70.4 cm³/mol. The van der Waals surface area contributed by atoms with Gasteiger partial charge in [0.25, 0.3) is 5.91 Å². The number of hydrogen-bond donors (Lipinski definition) is 2. The lowest BCUT2D eigenvalue weighted by Gasteiger charge is -2.20. The fourth-order valence-electron chi connectivity index (χ4n) is 2.05. The van der Waals surface area contributed by atoms with Crippen molar-refractivity contribution in [2.24, 2.45) is 5.92 Å². The van der Waals surface area contributed by atoms with Crippen molar-refractivity contribution in [1.29, 1.82) is 0 Å². The molecule has 0 radical (unpaired) electrons. The number of halogens is 1. The van der Waals surface area contributed by atoms with E-state index in [4.69, 9.17) is 4.74 Å². The van der Waals surface area contributed by atoms with Crippen LogP contribution in [0, 0.1) is 11.7 Å². The molecule has 1 amide bonds. The molecule has 2 N–H and O–H groups in total. The number of carbonyl (C=O) groups is 2. The lowest BCUT2D eigenvalue weighted by molar-refractivity contribution is -0.149. The fraction of sp³-hybridized carbons (Fsp3) is 0.429. The summed E-state index contributed by atoms with van der Waals surface area (Å²) in [6.07, 6.45) is 1.51. The molecule has 1 saturated heterocycles. The van der Waals surface area contributed by atoms with Gasteiger partial charge in [0.1, 0.15) is 5.82 Å². The Morgan fingerprint density at radius 2 is 1.90 bits per heavy atom. The summed E-state index contributed by atoms with van der Waals surface area (Å²) in [6, 6.07) is 5.16. The molecule has 6 heteroatoms. The molecule has 2 rings (SSSR count). The first-order chi connectivity index (χ1) is 9.66. The van der Waals surface area contributed by atoms with E-state index < -0.39 is 11.7 Å². The molecule has 0 aliphatic carbocycles. The Kier molecular flexibility index (Phi) is 5.06. The number of nitrogens with one attached hydrogen (secondary N) is 2. The summed E-state index contributed by atoms with van der Waals surface area (Å²) in [5.41, 5.74) is 0.323. The quantitative estimate of drug-likeness (QED) is 0.639. The van der Waals surface area contributed by atoms with Crippen molar-refractivity contribution in [2.45, 2.75) is 12.8 Å². The first-order valence-corrected chi connectivity index (χ1v) is 6.58. The monoisotopic (exact) mass is 280 g/mol. The lowest BCUT2D eigenvalue weighted by atomic mass is 9.99. The maximum atomic E-state index is 12.7. The van der Waals surface area contributed by atoms with Gasteiger partial charge in [0, 0.05) is 5.56 Å². The van der Waals surface area contributed by atoms with Gasteiger partial charge in [0.15, 0.2) is 6.73 Å². The van der Waals surface area contributed by atoms with Gasteiger partial charge in [-0.2, -0.15) is 0 Å². The highest BCUT2D eigenvalue weighted by Gasteiger charge is 2.22. The second-order valence-electron chi connectivity index (χ2n) is 4.64. The van der Waals surface area contributed by atoms with Crippen LogP contribution in [-0.2, 0) is 9.53 Å². The summed E-state index contributed by atoms with van der Waals surface area (Å²) < 4.78 is 17.7. The van der Waals surface area contributed by atoms with Gasteiger partial charge in [-0.3, -0.25) is 9.59 Å². The van der Waals surface area contributed by atoms with Crippen molar-refractivity contribution in [2.75, 3.05) is 19.8 Å². The second kappa shape index (κ2) is 7.00. The van der Waals surface area contributed by atoms with Gasteiger partial charge in [-0.05, 0) is 50.2 Å². The molecule has 1 fully saturated rings. The smallest absolute Gasteiger partial charge is 0.310 e. The average Bonchev–Trinajstić information content (AvgIpc) is 2.48. The minimum atomic E-state index is -0.404. The third-order valence-electron chi connectivity index (χ3n) is 3.23. The molecule has 1 aliphatic heterocycles. The van der Waals surface area contributed by atoms with E-state index in [2.05, 4.69) is 10.6 Å². The standard InChI is InChI=1S/C14H17FN2O3/c15-12-3-1-10(2-4-12)13(18)17-9-20-14(19)11-5-7-16-8-6-11/h1-4,11,16H,5-9H2,(H,17,18). The first kappa shape index (κ1) is 14.5. The van der Waals surface area contributed by atoms with Crippen molar-refractivity contribution in [3.8, 4) is 0 Å². The summed E-state index contributed by atoms with van der Waals surface area (Å²) >= 11 is 0. The Labute approximate surface area is 116 Å². The topological polar surface area (TPSA) is 67.4 Å². The molecule has 1 heterocycles. The lowest BCUT2D eigenvalue weighted by Crippen LogP contribution is -2.35. The van der Waals surface area contributed by atoms with Crippen molar-refractivity contribution >= 4 is 11.9 Å². The summed E-state index contributed by atoms with van der Waals surface area (Å²) in [7, 11) is 0. The minimum absolute atomic E-state index is 0.0982. The number of amides is 1. The fourth-order valence-corrected chi connectivity index (χ4v) is 2.05. The normalized spacial score (nSPS) is 15.7. The maximum absolute atomic E-state index is 12.7. The molecule has 0 bridgehead atoms. The van der Waals surface area contributed by atoms with Crippen molar-refractivity contribution in [1.82, 2.24) is 10.6 Å². The van der Waals surface area contributed by atoms with E-state index in [1.807, 2.05) is 0 Å². The average molecular weight is 280 g/mol. The first-order valence-electron chi connectivity index (χ1n) is 6.58. The van der Waals surface area contributed by atoms with Crippen molar-refractivity contribution < 1.29 is 18.7 Å². The highest BCUT2D eigenvalue weighted by molar-refractivity contribution is 5.94. The molecule has 0 atom stereocenters. The van der Waals surface area contributed by atoms with Gasteiger partial charge in [-0.1, -0.05) is 0 Å². The summed E-state index contributed by atoms with van der Waals surface area (Å²) in [4.78, 5) is 23.4. The van der Waals surface area contributed by atoms with Gasteiger partial charge < -0.3 is 15.4 Å². The Morgan fingerprint density at radius 3 is 2.55 bits per heavy atom. The van der Waals surface area contributed by atoms with Crippen molar-refractivity contribution in [3.63, 3.8) is 0 Å². The van der Waals surface area contributed by atoms with Crippen LogP contribution in [0.15, 0.2) is 24.3 Å². The van der Waals surface area contributed by atoms with E-state index in [9.17, 15) is 14.0 Å². The molecule has 0 spiro atoms.